The predicted octanol–water partition coefficient (Wildman–Crippen LogP) is 2.98. The van der Waals surface area contributed by atoms with E-state index in [0.29, 0.717) is 29.7 Å². The first-order valence-electron chi connectivity index (χ1n) is 5.40. The quantitative estimate of drug-likeness (QED) is 0.865. The number of hydrogen-bond donors (Lipinski definition) is 1. The lowest BCUT2D eigenvalue weighted by molar-refractivity contribution is 0.224. The topological polar surface area (TPSA) is 44.5 Å². The van der Waals surface area contributed by atoms with Gasteiger partial charge < -0.3 is 15.2 Å². The van der Waals surface area contributed by atoms with E-state index >= 15 is 0 Å². The predicted molar refractivity (Wildman–Crippen MR) is 66.3 cm³/mol. The Morgan fingerprint density at radius 1 is 1.38 bits per heavy atom. The summed E-state index contributed by atoms with van der Waals surface area (Å²) < 4.78 is 11.1. The molecular formula is C12H18ClNO2. The van der Waals surface area contributed by atoms with Crippen LogP contribution in [0.3, 0.4) is 0 Å². The Kier molecular flexibility index (Phi) is 4.90. The van der Waals surface area contributed by atoms with Crippen LogP contribution in [0.25, 0.3) is 0 Å². The van der Waals surface area contributed by atoms with Crippen LogP contribution in [0.1, 0.15) is 26.3 Å². The van der Waals surface area contributed by atoms with Crippen molar-refractivity contribution in [2.24, 2.45) is 5.73 Å². The van der Waals surface area contributed by atoms with Crippen LogP contribution in [0.4, 0.5) is 0 Å². The maximum atomic E-state index is 6.13. The van der Waals surface area contributed by atoms with Crippen LogP contribution >= 0.6 is 11.6 Å². The average Bonchev–Trinajstić information content (AvgIpc) is 2.22. The second-order valence-corrected chi connectivity index (χ2v) is 4.12. The molecule has 0 heterocycles. The lowest BCUT2D eigenvalue weighted by Crippen LogP contribution is -2.09. The Balaban J connectivity index is 3.11. The number of halogens is 1. The highest BCUT2D eigenvalue weighted by Crippen LogP contribution is 2.37. The van der Waals surface area contributed by atoms with Crippen LogP contribution in [-0.4, -0.2) is 12.7 Å². The fourth-order valence-corrected chi connectivity index (χ4v) is 1.63. The molecule has 0 aliphatic rings. The minimum Gasteiger partial charge on any atom is -0.490 e. The third-order valence-electron chi connectivity index (χ3n) is 1.96. The van der Waals surface area contributed by atoms with Crippen molar-refractivity contribution in [2.45, 2.75) is 33.4 Å². The van der Waals surface area contributed by atoms with Gasteiger partial charge in [-0.15, -0.1) is 0 Å². The van der Waals surface area contributed by atoms with Crippen molar-refractivity contribution in [3.8, 4) is 11.5 Å². The number of rotatable bonds is 5. The van der Waals surface area contributed by atoms with Crippen LogP contribution < -0.4 is 15.2 Å². The van der Waals surface area contributed by atoms with Crippen molar-refractivity contribution in [2.75, 3.05) is 6.61 Å². The van der Waals surface area contributed by atoms with Gasteiger partial charge in [-0.3, -0.25) is 0 Å². The summed E-state index contributed by atoms with van der Waals surface area (Å²) in [5.74, 6) is 1.25. The van der Waals surface area contributed by atoms with Crippen LogP contribution in [0.2, 0.25) is 5.02 Å². The van der Waals surface area contributed by atoms with Crippen LogP contribution in [0.15, 0.2) is 12.1 Å². The molecule has 1 rings (SSSR count). The van der Waals surface area contributed by atoms with Gasteiger partial charge in [0.2, 0.25) is 0 Å². The van der Waals surface area contributed by atoms with E-state index in [2.05, 4.69) is 0 Å². The molecule has 0 radical (unpaired) electrons. The SMILES string of the molecule is CCOc1cc(CN)cc(Cl)c1OC(C)C. The van der Waals surface area contributed by atoms with E-state index in [0.717, 1.165) is 5.56 Å². The molecule has 0 aromatic heterocycles. The van der Waals surface area contributed by atoms with Gasteiger partial charge in [0.25, 0.3) is 0 Å². The fourth-order valence-electron chi connectivity index (χ4n) is 1.35. The van der Waals surface area contributed by atoms with E-state index in [1.165, 1.54) is 0 Å². The maximum absolute atomic E-state index is 6.13. The molecule has 0 unspecified atom stereocenters. The van der Waals surface area contributed by atoms with Gasteiger partial charge in [-0.1, -0.05) is 11.6 Å². The first kappa shape index (κ1) is 13.1. The molecule has 0 saturated carbocycles. The van der Waals surface area contributed by atoms with Crippen molar-refractivity contribution in [1.82, 2.24) is 0 Å². The Morgan fingerprint density at radius 3 is 2.56 bits per heavy atom. The van der Waals surface area contributed by atoms with Gasteiger partial charge in [-0.05, 0) is 38.5 Å². The van der Waals surface area contributed by atoms with Crippen molar-refractivity contribution in [3.63, 3.8) is 0 Å². The third-order valence-corrected chi connectivity index (χ3v) is 2.24. The molecule has 0 atom stereocenters. The number of ether oxygens (including phenoxy) is 2. The van der Waals surface area contributed by atoms with Gasteiger partial charge in [-0.2, -0.15) is 0 Å². The van der Waals surface area contributed by atoms with Gasteiger partial charge in [0.1, 0.15) is 0 Å². The van der Waals surface area contributed by atoms with Gasteiger partial charge in [-0.25, -0.2) is 0 Å². The molecule has 0 fully saturated rings. The van der Waals surface area contributed by atoms with E-state index in [1.807, 2.05) is 32.9 Å². The molecule has 0 saturated heterocycles. The summed E-state index contributed by atoms with van der Waals surface area (Å²) in [6.07, 6.45) is 0.0560. The van der Waals surface area contributed by atoms with Gasteiger partial charge >= 0.3 is 0 Å². The van der Waals surface area contributed by atoms with Crippen LogP contribution in [-0.2, 0) is 6.54 Å². The van der Waals surface area contributed by atoms with E-state index in [1.54, 1.807) is 0 Å². The van der Waals surface area contributed by atoms with Crippen molar-refractivity contribution in [1.29, 1.82) is 0 Å². The highest BCUT2D eigenvalue weighted by molar-refractivity contribution is 6.32. The zero-order chi connectivity index (χ0) is 12.1. The molecule has 1 aromatic rings. The summed E-state index contributed by atoms with van der Waals surface area (Å²) in [5.41, 5.74) is 6.51. The molecule has 0 bridgehead atoms. The molecule has 4 heteroatoms. The largest absolute Gasteiger partial charge is 0.490 e. The first-order valence-corrected chi connectivity index (χ1v) is 5.78. The Morgan fingerprint density at radius 2 is 2.06 bits per heavy atom. The summed E-state index contributed by atoms with van der Waals surface area (Å²) in [4.78, 5) is 0. The summed E-state index contributed by atoms with van der Waals surface area (Å²) in [5, 5.41) is 0.542. The van der Waals surface area contributed by atoms with E-state index < -0.39 is 0 Å². The molecule has 90 valence electrons. The summed E-state index contributed by atoms with van der Waals surface area (Å²) in [6.45, 7) is 6.81. The monoisotopic (exact) mass is 243 g/mol. The van der Waals surface area contributed by atoms with Crippen LogP contribution in [0.5, 0.6) is 11.5 Å². The second-order valence-electron chi connectivity index (χ2n) is 3.71. The van der Waals surface area contributed by atoms with Crippen LogP contribution in [0, 0.1) is 0 Å². The van der Waals surface area contributed by atoms with Gasteiger partial charge in [0.05, 0.1) is 17.7 Å². The zero-order valence-corrected chi connectivity index (χ0v) is 10.7. The standard InChI is InChI=1S/C12H18ClNO2/c1-4-15-11-6-9(7-14)5-10(13)12(11)16-8(2)3/h5-6,8H,4,7,14H2,1-3H3. The smallest absolute Gasteiger partial charge is 0.180 e. The molecule has 1 aromatic carbocycles. The Hall–Kier alpha value is -0.930. The molecular weight excluding hydrogens is 226 g/mol. The zero-order valence-electron chi connectivity index (χ0n) is 9.92. The molecule has 0 aliphatic heterocycles. The highest BCUT2D eigenvalue weighted by atomic mass is 35.5. The first-order chi connectivity index (χ1) is 7.58. The summed E-state index contributed by atoms with van der Waals surface area (Å²) in [7, 11) is 0. The number of nitrogens with two attached hydrogens (primary N) is 1. The summed E-state index contributed by atoms with van der Waals surface area (Å²) in [6, 6.07) is 3.68. The van der Waals surface area contributed by atoms with Crippen molar-refractivity contribution >= 4 is 11.6 Å². The van der Waals surface area contributed by atoms with E-state index in [4.69, 9.17) is 26.8 Å². The van der Waals surface area contributed by atoms with E-state index in [-0.39, 0.29) is 6.10 Å². The minimum absolute atomic E-state index is 0.0560. The highest BCUT2D eigenvalue weighted by Gasteiger charge is 2.13. The maximum Gasteiger partial charge on any atom is 0.180 e. The fraction of sp³-hybridized carbons (Fsp3) is 0.500. The molecule has 2 N–H and O–H groups in total. The van der Waals surface area contributed by atoms with Gasteiger partial charge in [0, 0.05) is 6.54 Å². The molecule has 3 nitrogen and oxygen atoms in total. The number of benzene rings is 1. The van der Waals surface area contributed by atoms with Gasteiger partial charge in [0.15, 0.2) is 11.5 Å². The second kappa shape index (κ2) is 5.97. The normalized spacial score (nSPS) is 10.6. The van der Waals surface area contributed by atoms with Crippen molar-refractivity contribution in [3.05, 3.63) is 22.7 Å². The van der Waals surface area contributed by atoms with Crippen molar-refractivity contribution < 1.29 is 9.47 Å². The Labute approximate surface area is 101 Å². The van der Waals surface area contributed by atoms with E-state index in [9.17, 15) is 0 Å². The number of hydrogen-bond acceptors (Lipinski definition) is 3. The third kappa shape index (κ3) is 3.29. The Bertz CT molecular complexity index is 353. The molecule has 0 spiro atoms. The molecule has 0 aliphatic carbocycles. The average molecular weight is 244 g/mol. The molecule has 16 heavy (non-hydrogen) atoms. The molecule has 0 amide bonds. The summed E-state index contributed by atoms with van der Waals surface area (Å²) >= 11 is 6.13. The minimum atomic E-state index is 0.0560. The lowest BCUT2D eigenvalue weighted by atomic mass is 10.2. The lowest BCUT2D eigenvalue weighted by Gasteiger charge is -2.16.